The Balaban J connectivity index is 2.07. The molecule has 0 aromatic heterocycles. The Morgan fingerprint density at radius 3 is 2.67 bits per heavy atom. The summed E-state index contributed by atoms with van der Waals surface area (Å²) in [5.74, 6) is 1.10. The molecule has 0 spiro atoms. The first-order valence-corrected chi connectivity index (χ1v) is 7.74. The highest BCUT2D eigenvalue weighted by Crippen LogP contribution is 2.36. The fourth-order valence-electron chi connectivity index (χ4n) is 1.94. The molecule has 1 atom stereocenters. The van der Waals surface area contributed by atoms with E-state index in [0.717, 1.165) is 5.56 Å². The lowest BCUT2D eigenvalue weighted by atomic mass is 10.1. The van der Waals surface area contributed by atoms with Crippen LogP contribution in [0.2, 0.25) is 0 Å². The lowest BCUT2D eigenvalue weighted by molar-refractivity contribution is 0.492. The van der Waals surface area contributed by atoms with Crippen LogP contribution in [0, 0.1) is 18.8 Å². The molecule has 0 amide bonds. The molecule has 5 heteroatoms. The van der Waals surface area contributed by atoms with E-state index in [1.54, 1.807) is 12.1 Å². The molecule has 1 aromatic carbocycles. The predicted octanol–water partition coefficient (Wildman–Crippen LogP) is 1.90. The molecule has 2 rings (SSSR count). The van der Waals surface area contributed by atoms with Crippen LogP contribution in [0.3, 0.4) is 0 Å². The van der Waals surface area contributed by atoms with Gasteiger partial charge in [0.05, 0.1) is 4.90 Å². The summed E-state index contributed by atoms with van der Waals surface area (Å²) in [6.45, 7) is 4.44. The minimum atomic E-state index is -3.43. The number of hydrogen-bond donors (Lipinski definition) is 2. The summed E-state index contributed by atoms with van der Waals surface area (Å²) in [6, 6.07) is 4.84. The van der Waals surface area contributed by atoms with Crippen LogP contribution in [-0.4, -0.2) is 15.0 Å². The Kier molecular flexibility index (Phi) is 3.64. The number of aryl methyl sites for hydroxylation is 1. The first kappa shape index (κ1) is 13.4. The Labute approximate surface area is 109 Å². The van der Waals surface area contributed by atoms with Gasteiger partial charge < -0.3 is 5.73 Å². The second-order valence-electron chi connectivity index (χ2n) is 5.19. The molecule has 1 aromatic rings. The maximum absolute atomic E-state index is 12.1. The van der Waals surface area contributed by atoms with Crippen molar-refractivity contribution in [1.29, 1.82) is 0 Å². The summed E-state index contributed by atoms with van der Waals surface area (Å²) in [6.07, 6.45) is 2.45. The molecular formula is C13H20N2O2S. The number of sulfonamides is 1. The van der Waals surface area contributed by atoms with Gasteiger partial charge in [0.1, 0.15) is 0 Å². The van der Waals surface area contributed by atoms with Crippen molar-refractivity contribution in [2.75, 3.05) is 12.3 Å². The van der Waals surface area contributed by atoms with E-state index in [4.69, 9.17) is 5.73 Å². The zero-order valence-corrected chi connectivity index (χ0v) is 11.6. The lowest BCUT2D eigenvalue weighted by Gasteiger charge is -2.12. The first-order chi connectivity index (χ1) is 8.40. The van der Waals surface area contributed by atoms with E-state index in [1.165, 1.54) is 18.9 Å². The normalized spacial score (nSPS) is 17.7. The molecule has 0 aliphatic heterocycles. The number of rotatable bonds is 5. The van der Waals surface area contributed by atoms with E-state index >= 15 is 0 Å². The SMILES string of the molecule is Cc1ccc(S(=O)(=O)NCC(C)C2CC2)cc1N. The lowest BCUT2D eigenvalue weighted by Crippen LogP contribution is -2.29. The van der Waals surface area contributed by atoms with Crippen molar-refractivity contribution in [3.63, 3.8) is 0 Å². The fourth-order valence-corrected chi connectivity index (χ4v) is 3.12. The van der Waals surface area contributed by atoms with Gasteiger partial charge in [0, 0.05) is 12.2 Å². The van der Waals surface area contributed by atoms with Gasteiger partial charge in [0.2, 0.25) is 10.0 Å². The van der Waals surface area contributed by atoms with Crippen molar-refractivity contribution in [3.8, 4) is 0 Å². The van der Waals surface area contributed by atoms with Gasteiger partial charge in [-0.25, -0.2) is 13.1 Å². The predicted molar refractivity (Wildman–Crippen MR) is 72.7 cm³/mol. The van der Waals surface area contributed by atoms with Crippen LogP contribution in [0.15, 0.2) is 23.1 Å². The number of benzene rings is 1. The highest BCUT2D eigenvalue weighted by molar-refractivity contribution is 7.89. The van der Waals surface area contributed by atoms with Gasteiger partial charge in [-0.3, -0.25) is 0 Å². The van der Waals surface area contributed by atoms with Gasteiger partial charge in [0.15, 0.2) is 0 Å². The Hall–Kier alpha value is -1.07. The van der Waals surface area contributed by atoms with Crippen LogP contribution in [-0.2, 0) is 10.0 Å². The standard InChI is InChI=1S/C13H20N2O2S/c1-9-3-6-12(7-13(9)14)18(16,17)15-8-10(2)11-4-5-11/h3,6-7,10-11,15H,4-5,8,14H2,1-2H3. The zero-order chi connectivity index (χ0) is 13.3. The molecule has 0 bridgehead atoms. The molecule has 0 radical (unpaired) electrons. The third-order valence-corrected chi connectivity index (χ3v) is 5.00. The summed E-state index contributed by atoms with van der Waals surface area (Å²) < 4.78 is 26.8. The fraction of sp³-hybridized carbons (Fsp3) is 0.538. The highest BCUT2D eigenvalue weighted by atomic mass is 32.2. The molecule has 1 saturated carbocycles. The molecule has 0 heterocycles. The minimum absolute atomic E-state index is 0.244. The van der Waals surface area contributed by atoms with Crippen molar-refractivity contribution in [3.05, 3.63) is 23.8 Å². The minimum Gasteiger partial charge on any atom is -0.398 e. The van der Waals surface area contributed by atoms with E-state index in [-0.39, 0.29) is 4.90 Å². The average molecular weight is 268 g/mol. The van der Waals surface area contributed by atoms with E-state index < -0.39 is 10.0 Å². The quantitative estimate of drug-likeness (QED) is 0.801. The number of nitrogens with two attached hydrogens (primary N) is 1. The number of hydrogen-bond acceptors (Lipinski definition) is 3. The summed E-state index contributed by atoms with van der Waals surface area (Å²) in [7, 11) is -3.43. The van der Waals surface area contributed by atoms with Gasteiger partial charge in [0.25, 0.3) is 0 Å². The molecule has 1 aliphatic carbocycles. The topological polar surface area (TPSA) is 72.2 Å². The average Bonchev–Trinajstić information content (AvgIpc) is 3.13. The molecule has 1 fully saturated rings. The van der Waals surface area contributed by atoms with E-state index in [9.17, 15) is 8.42 Å². The third kappa shape index (κ3) is 3.03. The van der Waals surface area contributed by atoms with Crippen molar-refractivity contribution in [2.45, 2.75) is 31.6 Å². The van der Waals surface area contributed by atoms with Crippen molar-refractivity contribution in [2.24, 2.45) is 11.8 Å². The second kappa shape index (κ2) is 4.90. The second-order valence-corrected chi connectivity index (χ2v) is 6.95. The molecule has 18 heavy (non-hydrogen) atoms. The first-order valence-electron chi connectivity index (χ1n) is 6.26. The number of nitrogens with one attached hydrogen (secondary N) is 1. The number of nitrogen functional groups attached to an aromatic ring is 1. The molecule has 1 aliphatic rings. The van der Waals surface area contributed by atoms with Gasteiger partial charge in [-0.2, -0.15) is 0 Å². The van der Waals surface area contributed by atoms with Crippen molar-refractivity contribution >= 4 is 15.7 Å². The van der Waals surface area contributed by atoms with Crippen LogP contribution >= 0.6 is 0 Å². The largest absolute Gasteiger partial charge is 0.398 e. The Morgan fingerprint density at radius 2 is 2.11 bits per heavy atom. The Bertz CT molecular complexity index is 536. The highest BCUT2D eigenvalue weighted by Gasteiger charge is 2.28. The molecule has 3 N–H and O–H groups in total. The van der Waals surface area contributed by atoms with E-state index in [0.29, 0.717) is 24.1 Å². The maximum atomic E-state index is 12.1. The van der Waals surface area contributed by atoms with Gasteiger partial charge in [-0.15, -0.1) is 0 Å². The monoisotopic (exact) mass is 268 g/mol. The van der Waals surface area contributed by atoms with Gasteiger partial charge in [-0.1, -0.05) is 13.0 Å². The smallest absolute Gasteiger partial charge is 0.240 e. The molecular weight excluding hydrogens is 248 g/mol. The van der Waals surface area contributed by atoms with Crippen molar-refractivity contribution in [1.82, 2.24) is 4.72 Å². The van der Waals surface area contributed by atoms with E-state index in [1.807, 2.05) is 6.92 Å². The summed E-state index contributed by atoms with van der Waals surface area (Å²) in [5.41, 5.74) is 7.14. The van der Waals surface area contributed by atoms with Gasteiger partial charge >= 0.3 is 0 Å². The van der Waals surface area contributed by atoms with Crippen LogP contribution in [0.1, 0.15) is 25.3 Å². The molecule has 4 nitrogen and oxygen atoms in total. The molecule has 1 unspecified atom stereocenters. The Morgan fingerprint density at radius 1 is 1.44 bits per heavy atom. The summed E-state index contributed by atoms with van der Waals surface area (Å²) in [5, 5.41) is 0. The molecule has 0 saturated heterocycles. The third-order valence-electron chi connectivity index (χ3n) is 3.58. The zero-order valence-electron chi connectivity index (χ0n) is 10.8. The maximum Gasteiger partial charge on any atom is 0.240 e. The van der Waals surface area contributed by atoms with Crippen molar-refractivity contribution < 1.29 is 8.42 Å². The van der Waals surface area contributed by atoms with Gasteiger partial charge in [-0.05, 0) is 49.3 Å². The molecule has 100 valence electrons. The van der Waals surface area contributed by atoms with Crippen LogP contribution in [0.5, 0.6) is 0 Å². The van der Waals surface area contributed by atoms with Crippen LogP contribution < -0.4 is 10.5 Å². The summed E-state index contributed by atoms with van der Waals surface area (Å²) in [4.78, 5) is 0.244. The van der Waals surface area contributed by atoms with Crippen LogP contribution in [0.25, 0.3) is 0 Å². The number of anilines is 1. The van der Waals surface area contributed by atoms with Crippen LogP contribution in [0.4, 0.5) is 5.69 Å². The summed E-state index contributed by atoms with van der Waals surface area (Å²) >= 11 is 0. The van der Waals surface area contributed by atoms with E-state index in [2.05, 4.69) is 11.6 Å².